The lowest BCUT2D eigenvalue weighted by molar-refractivity contribution is -0.00241. The fourth-order valence-electron chi connectivity index (χ4n) is 2.80. The summed E-state index contributed by atoms with van der Waals surface area (Å²) < 4.78 is 11.4. The largest absolute Gasteiger partial charge is 0.490 e. The molecule has 0 N–H and O–H groups in total. The van der Waals surface area contributed by atoms with Crippen LogP contribution in [0.5, 0.6) is 5.75 Å². The summed E-state index contributed by atoms with van der Waals surface area (Å²) in [5.74, 6) is 0.860. The quantitative estimate of drug-likeness (QED) is 0.766. The molecule has 1 amide bonds. The maximum atomic E-state index is 12.4. The molecule has 0 saturated carbocycles. The number of carbonyl (C=O) groups is 1. The van der Waals surface area contributed by atoms with E-state index >= 15 is 0 Å². The first-order valence-electron chi connectivity index (χ1n) is 8.31. The molecule has 1 aliphatic heterocycles. The van der Waals surface area contributed by atoms with Crippen LogP contribution in [0.1, 0.15) is 23.2 Å². The van der Waals surface area contributed by atoms with Crippen LogP contribution in [0.4, 0.5) is 0 Å². The van der Waals surface area contributed by atoms with Gasteiger partial charge in [0.25, 0.3) is 5.91 Å². The van der Waals surface area contributed by atoms with Gasteiger partial charge in [0.1, 0.15) is 12.4 Å². The standard InChI is InChI=1S/C19H22N2O3/c22-19(16-5-2-1-3-6-16)21-11-8-17(9-12-21)23-13-14-24-18-7-4-10-20-15-18/h1-7,10,15,17H,8-9,11-14H2. The van der Waals surface area contributed by atoms with Gasteiger partial charge in [0.2, 0.25) is 0 Å². The van der Waals surface area contributed by atoms with Gasteiger partial charge in [-0.1, -0.05) is 18.2 Å². The highest BCUT2D eigenvalue weighted by molar-refractivity contribution is 5.94. The molecule has 1 aromatic carbocycles. The molecule has 1 aliphatic rings. The van der Waals surface area contributed by atoms with E-state index in [1.807, 2.05) is 47.4 Å². The summed E-state index contributed by atoms with van der Waals surface area (Å²) >= 11 is 0. The minimum Gasteiger partial charge on any atom is -0.490 e. The van der Waals surface area contributed by atoms with E-state index in [2.05, 4.69) is 4.98 Å². The van der Waals surface area contributed by atoms with E-state index < -0.39 is 0 Å². The van der Waals surface area contributed by atoms with E-state index in [0.717, 1.165) is 37.2 Å². The van der Waals surface area contributed by atoms with Gasteiger partial charge in [0, 0.05) is 24.8 Å². The van der Waals surface area contributed by atoms with E-state index in [1.54, 1.807) is 12.4 Å². The van der Waals surface area contributed by atoms with Crippen molar-refractivity contribution in [1.29, 1.82) is 0 Å². The Morgan fingerprint density at radius 2 is 1.88 bits per heavy atom. The molecule has 5 heteroatoms. The Labute approximate surface area is 142 Å². The van der Waals surface area contributed by atoms with Crippen LogP contribution in [0.15, 0.2) is 54.9 Å². The van der Waals surface area contributed by atoms with Crippen LogP contribution in [0, 0.1) is 0 Å². The van der Waals surface area contributed by atoms with E-state index in [-0.39, 0.29) is 12.0 Å². The summed E-state index contributed by atoms with van der Waals surface area (Å²) in [5, 5.41) is 0. The van der Waals surface area contributed by atoms with E-state index in [1.165, 1.54) is 0 Å². The number of likely N-dealkylation sites (tertiary alicyclic amines) is 1. The Morgan fingerprint density at radius 3 is 2.58 bits per heavy atom. The van der Waals surface area contributed by atoms with Gasteiger partial charge in [-0.05, 0) is 37.1 Å². The number of ether oxygens (including phenoxy) is 2. The van der Waals surface area contributed by atoms with Crippen molar-refractivity contribution >= 4 is 5.91 Å². The lowest BCUT2D eigenvalue weighted by Gasteiger charge is -2.32. The lowest BCUT2D eigenvalue weighted by Crippen LogP contribution is -2.41. The Balaban J connectivity index is 1.36. The number of carbonyl (C=O) groups excluding carboxylic acids is 1. The SMILES string of the molecule is O=C(c1ccccc1)N1CCC(OCCOc2cccnc2)CC1. The average molecular weight is 326 g/mol. The maximum Gasteiger partial charge on any atom is 0.253 e. The molecule has 0 unspecified atom stereocenters. The molecule has 2 aromatic rings. The van der Waals surface area contributed by atoms with Crippen molar-refractivity contribution in [2.45, 2.75) is 18.9 Å². The fourth-order valence-corrected chi connectivity index (χ4v) is 2.80. The molecule has 3 rings (SSSR count). The predicted molar refractivity (Wildman–Crippen MR) is 91.1 cm³/mol. The molecular formula is C19H22N2O3. The second-order valence-electron chi connectivity index (χ2n) is 5.77. The zero-order valence-electron chi connectivity index (χ0n) is 13.6. The molecule has 5 nitrogen and oxygen atoms in total. The second kappa shape index (κ2) is 8.45. The highest BCUT2D eigenvalue weighted by Gasteiger charge is 2.23. The summed E-state index contributed by atoms with van der Waals surface area (Å²) in [6.45, 7) is 2.53. The normalized spacial score (nSPS) is 15.2. The Morgan fingerprint density at radius 1 is 1.08 bits per heavy atom. The highest BCUT2D eigenvalue weighted by atomic mass is 16.5. The second-order valence-corrected chi connectivity index (χ2v) is 5.77. The molecule has 1 saturated heterocycles. The third-order valence-corrected chi connectivity index (χ3v) is 4.09. The van der Waals surface area contributed by atoms with Crippen molar-refractivity contribution < 1.29 is 14.3 Å². The van der Waals surface area contributed by atoms with Crippen LogP contribution < -0.4 is 4.74 Å². The van der Waals surface area contributed by atoms with Crippen molar-refractivity contribution in [3.63, 3.8) is 0 Å². The molecule has 0 aliphatic carbocycles. The van der Waals surface area contributed by atoms with Gasteiger partial charge < -0.3 is 14.4 Å². The van der Waals surface area contributed by atoms with Crippen LogP contribution in [-0.2, 0) is 4.74 Å². The molecule has 126 valence electrons. The van der Waals surface area contributed by atoms with Crippen LogP contribution >= 0.6 is 0 Å². The van der Waals surface area contributed by atoms with Gasteiger partial charge in [-0.2, -0.15) is 0 Å². The number of nitrogens with zero attached hydrogens (tertiary/aromatic N) is 2. The monoisotopic (exact) mass is 326 g/mol. The minimum absolute atomic E-state index is 0.106. The van der Waals surface area contributed by atoms with Gasteiger partial charge in [-0.25, -0.2) is 0 Å². The van der Waals surface area contributed by atoms with Crippen molar-refractivity contribution in [1.82, 2.24) is 9.88 Å². The fraction of sp³-hybridized carbons (Fsp3) is 0.368. The number of hydrogen-bond donors (Lipinski definition) is 0. The van der Waals surface area contributed by atoms with Crippen LogP contribution in [-0.4, -0.2) is 48.2 Å². The van der Waals surface area contributed by atoms with Crippen molar-refractivity contribution in [2.75, 3.05) is 26.3 Å². The average Bonchev–Trinajstić information content (AvgIpc) is 2.67. The smallest absolute Gasteiger partial charge is 0.253 e. The molecule has 1 fully saturated rings. The van der Waals surface area contributed by atoms with Crippen molar-refractivity contribution in [3.05, 3.63) is 60.4 Å². The number of hydrogen-bond acceptors (Lipinski definition) is 4. The van der Waals surface area contributed by atoms with E-state index in [0.29, 0.717) is 13.2 Å². The first-order valence-corrected chi connectivity index (χ1v) is 8.31. The van der Waals surface area contributed by atoms with Crippen LogP contribution in [0.3, 0.4) is 0 Å². The third-order valence-electron chi connectivity index (χ3n) is 4.09. The van der Waals surface area contributed by atoms with E-state index in [9.17, 15) is 4.79 Å². The van der Waals surface area contributed by atoms with E-state index in [4.69, 9.17) is 9.47 Å². The molecule has 0 atom stereocenters. The summed E-state index contributed by atoms with van der Waals surface area (Å²) in [4.78, 5) is 18.3. The number of benzene rings is 1. The molecule has 1 aromatic heterocycles. The molecule has 0 radical (unpaired) electrons. The Hall–Kier alpha value is -2.40. The molecule has 2 heterocycles. The first-order chi connectivity index (χ1) is 11.8. The Bertz CT molecular complexity index is 626. The topological polar surface area (TPSA) is 51.7 Å². The molecule has 0 bridgehead atoms. The maximum absolute atomic E-state index is 12.4. The van der Waals surface area contributed by atoms with Crippen LogP contribution in [0.25, 0.3) is 0 Å². The summed E-state index contributed by atoms with van der Waals surface area (Å²) in [7, 11) is 0. The van der Waals surface area contributed by atoms with Crippen molar-refractivity contribution in [2.24, 2.45) is 0 Å². The van der Waals surface area contributed by atoms with Gasteiger partial charge in [0.15, 0.2) is 0 Å². The number of aromatic nitrogens is 1. The predicted octanol–water partition coefficient (Wildman–Crippen LogP) is 2.78. The zero-order valence-corrected chi connectivity index (χ0v) is 13.6. The van der Waals surface area contributed by atoms with Crippen molar-refractivity contribution in [3.8, 4) is 5.75 Å². The van der Waals surface area contributed by atoms with Gasteiger partial charge in [-0.3, -0.25) is 9.78 Å². The number of amides is 1. The first kappa shape index (κ1) is 16.5. The summed E-state index contributed by atoms with van der Waals surface area (Å²) in [6.07, 6.45) is 5.33. The number of piperidine rings is 1. The summed E-state index contributed by atoms with van der Waals surface area (Å²) in [6, 6.07) is 13.2. The van der Waals surface area contributed by atoms with Crippen LogP contribution in [0.2, 0.25) is 0 Å². The summed E-state index contributed by atoms with van der Waals surface area (Å²) in [5.41, 5.74) is 0.752. The molecular weight excluding hydrogens is 304 g/mol. The number of pyridine rings is 1. The van der Waals surface area contributed by atoms with Gasteiger partial charge in [-0.15, -0.1) is 0 Å². The minimum atomic E-state index is 0.106. The number of rotatable bonds is 6. The van der Waals surface area contributed by atoms with Gasteiger partial charge >= 0.3 is 0 Å². The molecule has 24 heavy (non-hydrogen) atoms. The highest BCUT2D eigenvalue weighted by Crippen LogP contribution is 2.16. The zero-order chi connectivity index (χ0) is 16.6. The lowest BCUT2D eigenvalue weighted by atomic mass is 10.1. The molecule has 0 spiro atoms. The van der Waals surface area contributed by atoms with Gasteiger partial charge in [0.05, 0.1) is 18.9 Å². The third kappa shape index (κ3) is 4.55. The Kier molecular flexibility index (Phi) is 5.80.